The highest BCUT2D eigenvalue weighted by atomic mass is 16.5. The van der Waals surface area contributed by atoms with Crippen molar-refractivity contribution in [3.63, 3.8) is 0 Å². The fraction of sp³-hybridized carbons (Fsp3) is 1.00. The van der Waals surface area contributed by atoms with Gasteiger partial charge in [-0.1, -0.05) is 0 Å². The zero-order valence-corrected chi connectivity index (χ0v) is 6.31. The standard InChI is InChI=1S/C8H15NO/c1-2-8(6-9-5-1)10-7-3-4-7/h7-9H,1-6H2/t8-/m0/s1. The largest absolute Gasteiger partial charge is 0.374 e. The molecule has 0 aromatic heterocycles. The lowest BCUT2D eigenvalue weighted by Gasteiger charge is -2.22. The molecule has 2 rings (SSSR count). The SMILES string of the molecule is C1CNC[C@@H](OC2CC2)C1. The quantitative estimate of drug-likeness (QED) is 0.617. The third-order valence-electron chi connectivity index (χ3n) is 2.16. The number of ether oxygens (including phenoxy) is 1. The van der Waals surface area contributed by atoms with Crippen LogP contribution in [0.25, 0.3) is 0 Å². The summed E-state index contributed by atoms with van der Waals surface area (Å²) < 4.78 is 5.74. The molecule has 0 amide bonds. The van der Waals surface area contributed by atoms with Crippen LogP contribution in [0.5, 0.6) is 0 Å². The van der Waals surface area contributed by atoms with Gasteiger partial charge in [-0.25, -0.2) is 0 Å². The van der Waals surface area contributed by atoms with E-state index in [4.69, 9.17) is 4.74 Å². The van der Waals surface area contributed by atoms with E-state index in [1.54, 1.807) is 0 Å². The van der Waals surface area contributed by atoms with Crippen LogP contribution in [0.15, 0.2) is 0 Å². The first-order chi connectivity index (χ1) is 4.95. The van der Waals surface area contributed by atoms with Gasteiger partial charge < -0.3 is 10.1 Å². The molecule has 2 fully saturated rings. The van der Waals surface area contributed by atoms with E-state index in [-0.39, 0.29) is 0 Å². The van der Waals surface area contributed by atoms with Crippen LogP contribution < -0.4 is 5.32 Å². The Bertz CT molecular complexity index is 106. The lowest BCUT2D eigenvalue weighted by atomic mass is 10.1. The highest BCUT2D eigenvalue weighted by Gasteiger charge is 2.26. The molecule has 1 saturated heterocycles. The van der Waals surface area contributed by atoms with Crippen LogP contribution in [0.4, 0.5) is 0 Å². The summed E-state index contributed by atoms with van der Waals surface area (Å²) in [5, 5.41) is 3.34. The van der Waals surface area contributed by atoms with Gasteiger partial charge in [0.25, 0.3) is 0 Å². The molecule has 1 saturated carbocycles. The van der Waals surface area contributed by atoms with Gasteiger partial charge in [-0.3, -0.25) is 0 Å². The molecule has 1 aliphatic heterocycles. The average Bonchev–Trinajstić information content (AvgIpc) is 2.74. The number of hydrogen-bond donors (Lipinski definition) is 1. The molecule has 2 aliphatic rings. The van der Waals surface area contributed by atoms with Crippen molar-refractivity contribution < 1.29 is 4.74 Å². The van der Waals surface area contributed by atoms with Crippen LogP contribution in [0.1, 0.15) is 25.7 Å². The van der Waals surface area contributed by atoms with Crippen molar-refractivity contribution in [2.24, 2.45) is 0 Å². The smallest absolute Gasteiger partial charge is 0.0703 e. The van der Waals surface area contributed by atoms with E-state index in [2.05, 4.69) is 5.32 Å². The Morgan fingerprint density at radius 2 is 2.00 bits per heavy atom. The molecule has 0 radical (unpaired) electrons. The second-order valence-electron chi connectivity index (χ2n) is 3.30. The summed E-state index contributed by atoms with van der Waals surface area (Å²) in [4.78, 5) is 0. The van der Waals surface area contributed by atoms with Gasteiger partial charge in [0.15, 0.2) is 0 Å². The third-order valence-corrected chi connectivity index (χ3v) is 2.16. The maximum absolute atomic E-state index is 5.74. The van der Waals surface area contributed by atoms with Crippen molar-refractivity contribution in [1.82, 2.24) is 5.32 Å². The molecule has 0 bridgehead atoms. The van der Waals surface area contributed by atoms with E-state index in [1.165, 1.54) is 32.2 Å². The maximum atomic E-state index is 5.74. The minimum Gasteiger partial charge on any atom is -0.374 e. The molecular formula is C8H15NO. The fourth-order valence-electron chi connectivity index (χ4n) is 1.41. The molecule has 1 atom stereocenters. The van der Waals surface area contributed by atoms with Crippen molar-refractivity contribution in [2.45, 2.75) is 37.9 Å². The normalized spacial score (nSPS) is 34.2. The summed E-state index contributed by atoms with van der Waals surface area (Å²) >= 11 is 0. The van der Waals surface area contributed by atoms with Gasteiger partial charge >= 0.3 is 0 Å². The lowest BCUT2D eigenvalue weighted by Crippen LogP contribution is -2.35. The molecule has 2 heteroatoms. The highest BCUT2D eigenvalue weighted by molar-refractivity contribution is 4.78. The van der Waals surface area contributed by atoms with Crippen molar-refractivity contribution in [3.8, 4) is 0 Å². The van der Waals surface area contributed by atoms with Gasteiger partial charge in [-0.05, 0) is 32.2 Å². The summed E-state index contributed by atoms with van der Waals surface area (Å²) in [5.41, 5.74) is 0. The first kappa shape index (κ1) is 6.62. The molecular weight excluding hydrogens is 126 g/mol. The van der Waals surface area contributed by atoms with Crippen molar-refractivity contribution in [1.29, 1.82) is 0 Å². The van der Waals surface area contributed by atoms with Crippen LogP contribution in [0, 0.1) is 0 Å². The van der Waals surface area contributed by atoms with Crippen LogP contribution in [-0.2, 0) is 4.74 Å². The zero-order valence-electron chi connectivity index (χ0n) is 6.31. The van der Waals surface area contributed by atoms with E-state index < -0.39 is 0 Å². The van der Waals surface area contributed by atoms with Crippen molar-refractivity contribution in [3.05, 3.63) is 0 Å². The molecule has 0 spiro atoms. The van der Waals surface area contributed by atoms with Crippen molar-refractivity contribution >= 4 is 0 Å². The Hall–Kier alpha value is -0.0800. The predicted molar refractivity (Wildman–Crippen MR) is 40.0 cm³/mol. The third kappa shape index (κ3) is 1.70. The first-order valence-corrected chi connectivity index (χ1v) is 4.31. The summed E-state index contributed by atoms with van der Waals surface area (Å²) in [6.07, 6.45) is 6.32. The number of hydrogen-bond acceptors (Lipinski definition) is 2. The second kappa shape index (κ2) is 2.89. The van der Waals surface area contributed by atoms with Gasteiger partial charge in [0.2, 0.25) is 0 Å². The van der Waals surface area contributed by atoms with Gasteiger partial charge in [-0.15, -0.1) is 0 Å². The summed E-state index contributed by atoms with van der Waals surface area (Å²) in [5.74, 6) is 0. The molecule has 10 heavy (non-hydrogen) atoms. The van der Waals surface area contributed by atoms with Crippen LogP contribution in [-0.4, -0.2) is 25.3 Å². The highest BCUT2D eigenvalue weighted by Crippen LogP contribution is 2.26. The van der Waals surface area contributed by atoms with E-state index in [9.17, 15) is 0 Å². The van der Waals surface area contributed by atoms with Crippen LogP contribution in [0.3, 0.4) is 0 Å². The molecule has 58 valence electrons. The lowest BCUT2D eigenvalue weighted by molar-refractivity contribution is 0.0249. The number of nitrogens with one attached hydrogen (secondary N) is 1. The fourth-order valence-corrected chi connectivity index (χ4v) is 1.41. The Labute approximate surface area is 61.9 Å². The van der Waals surface area contributed by atoms with Crippen LogP contribution in [0.2, 0.25) is 0 Å². The Morgan fingerprint density at radius 1 is 1.10 bits per heavy atom. The summed E-state index contributed by atoms with van der Waals surface area (Å²) in [7, 11) is 0. The Kier molecular flexibility index (Phi) is 1.91. The molecule has 1 heterocycles. The van der Waals surface area contributed by atoms with E-state index in [1.807, 2.05) is 0 Å². The van der Waals surface area contributed by atoms with E-state index in [0.717, 1.165) is 6.54 Å². The topological polar surface area (TPSA) is 21.3 Å². The molecule has 2 nitrogen and oxygen atoms in total. The molecule has 0 unspecified atom stereocenters. The summed E-state index contributed by atoms with van der Waals surface area (Å²) in [6.45, 7) is 2.26. The minimum atomic E-state index is 0.529. The zero-order chi connectivity index (χ0) is 6.81. The van der Waals surface area contributed by atoms with Crippen LogP contribution >= 0.6 is 0 Å². The van der Waals surface area contributed by atoms with Gasteiger partial charge in [-0.2, -0.15) is 0 Å². The Balaban J connectivity index is 1.69. The molecule has 0 aromatic carbocycles. The van der Waals surface area contributed by atoms with Crippen molar-refractivity contribution in [2.75, 3.05) is 13.1 Å². The van der Waals surface area contributed by atoms with Gasteiger partial charge in [0, 0.05) is 6.54 Å². The maximum Gasteiger partial charge on any atom is 0.0703 e. The van der Waals surface area contributed by atoms with Gasteiger partial charge in [0.1, 0.15) is 0 Å². The first-order valence-electron chi connectivity index (χ1n) is 4.31. The minimum absolute atomic E-state index is 0.529. The average molecular weight is 141 g/mol. The monoisotopic (exact) mass is 141 g/mol. The number of piperidine rings is 1. The second-order valence-corrected chi connectivity index (χ2v) is 3.30. The summed E-state index contributed by atoms with van der Waals surface area (Å²) in [6, 6.07) is 0. The molecule has 1 aliphatic carbocycles. The van der Waals surface area contributed by atoms with E-state index in [0.29, 0.717) is 12.2 Å². The molecule has 1 N–H and O–H groups in total. The number of rotatable bonds is 2. The molecule has 0 aromatic rings. The predicted octanol–water partition coefficient (Wildman–Crippen LogP) is 0.917. The van der Waals surface area contributed by atoms with E-state index >= 15 is 0 Å². The Morgan fingerprint density at radius 3 is 2.60 bits per heavy atom. The van der Waals surface area contributed by atoms with Gasteiger partial charge in [0.05, 0.1) is 12.2 Å².